The van der Waals surface area contributed by atoms with Crippen LogP contribution in [0.3, 0.4) is 0 Å². The zero-order chi connectivity index (χ0) is 13.5. The molecule has 2 rings (SSSR count). The summed E-state index contributed by atoms with van der Waals surface area (Å²) in [5.74, 6) is 0.219. The van der Waals surface area contributed by atoms with Crippen molar-refractivity contribution in [2.75, 3.05) is 32.8 Å². The monoisotopic (exact) mass is 270 g/mol. The first-order valence-corrected chi connectivity index (χ1v) is 7.91. The molecular weight excluding hydrogens is 242 g/mol. The summed E-state index contributed by atoms with van der Waals surface area (Å²) in [6.45, 7) is 6.98. The van der Waals surface area contributed by atoms with Gasteiger partial charge in [0.2, 0.25) is 0 Å². The van der Waals surface area contributed by atoms with Crippen LogP contribution in [0.2, 0.25) is 0 Å². The van der Waals surface area contributed by atoms with Crippen LogP contribution in [0.5, 0.6) is 0 Å². The maximum Gasteiger partial charge on any atom is 0.309 e. The molecule has 0 unspecified atom stereocenters. The van der Waals surface area contributed by atoms with E-state index in [1.165, 1.54) is 30.6 Å². The number of carbonyl (C=O) groups is 1. The van der Waals surface area contributed by atoms with Gasteiger partial charge in [-0.2, -0.15) is 0 Å². The molecule has 1 N–H and O–H groups in total. The maximum absolute atomic E-state index is 11.8. The van der Waals surface area contributed by atoms with Crippen LogP contribution in [-0.2, 0) is 14.3 Å². The molecule has 0 spiro atoms. The number of ether oxygens (including phenoxy) is 2. The summed E-state index contributed by atoms with van der Waals surface area (Å²) in [5.41, 5.74) is 0. The predicted octanol–water partition coefficient (Wildman–Crippen LogP) is 0.804. The third-order valence-electron chi connectivity index (χ3n) is 4.29. The third-order valence-corrected chi connectivity index (χ3v) is 4.29. The fourth-order valence-electron chi connectivity index (χ4n) is 3.09. The number of quaternary nitrogens is 1. The normalized spacial score (nSPS) is 28.6. The highest BCUT2D eigenvalue weighted by atomic mass is 16.6. The first-order valence-electron chi connectivity index (χ1n) is 7.91. The minimum Gasteiger partial charge on any atom is -0.456 e. The lowest BCUT2D eigenvalue weighted by Gasteiger charge is -2.25. The van der Waals surface area contributed by atoms with Gasteiger partial charge < -0.3 is 14.4 Å². The molecule has 110 valence electrons. The van der Waals surface area contributed by atoms with Crippen molar-refractivity contribution in [2.24, 2.45) is 5.92 Å². The number of cyclic esters (lactones) is 1. The van der Waals surface area contributed by atoms with E-state index in [4.69, 9.17) is 9.47 Å². The van der Waals surface area contributed by atoms with Gasteiger partial charge in [-0.15, -0.1) is 0 Å². The molecule has 4 heteroatoms. The van der Waals surface area contributed by atoms with E-state index in [1.807, 2.05) is 0 Å². The largest absolute Gasteiger partial charge is 0.456 e. The molecule has 4 nitrogen and oxygen atoms in total. The number of hydrogen-bond donors (Lipinski definition) is 1. The Morgan fingerprint density at radius 1 is 1.21 bits per heavy atom. The molecule has 2 heterocycles. The molecule has 0 amide bonds. The fourth-order valence-corrected chi connectivity index (χ4v) is 3.09. The minimum absolute atomic E-state index is 0.0501. The molecule has 2 saturated heterocycles. The first kappa shape index (κ1) is 14.8. The summed E-state index contributed by atoms with van der Waals surface area (Å²) in [4.78, 5) is 13.4. The van der Waals surface area contributed by atoms with E-state index >= 15 is 0 Å². The highest BCUT2D eigenvalue weighted by molar-refractivity contribution is 5.74. The Bertz CT molecular complexity index is 277. The Morgan fingerprint density at radius 3 is 2.74 bits per heavy atom. The van der Waals surface area contributed by atoms with E-state index in [-0.39, 0.29) is 18.0 Å². The van der Waals surface area contributed by atoms with Crippen LogP contribution in [-0.4, -0.2) is 44.9 Å². The molecule has 0 aromatic rings. The SMILES string of the molecule is CCCCCC[C@H]1C[C@H](C[NH+]2CCOCC2)OC1=O. The van der Waals surface area contributed by atoms with E-state index in [1.54, 1.807) is 0 Å². The molecular formula is C15H28NO3+. The van der Waals surface area contributed by atoms with Gasteiger partial charge in [0.1, 0.15) is 19.6 Å². The van der Waals surface area contributed by atoms with Crippen molar-refractivity contribution in [1.82, 2.24) is 0 Å². The Kier molecular flexibility index (Phi) is 6.11. The molecule has 0 aromatic carbocycles. The van der Waals surface area contributed by atoms with E-state index in [0.717, 1.165) is 45.7 Å². The van der Waals surface area contributed by atoms with Gasteiger partial charge in [-0.05, 0) is 6.42 Å². The summed E-state index contributed by atoms with van der Waals surface area (Å²) in [6.07, 6.45) is 7.06. The second-order valence-electron chi connectivity index (χ2n) is 5.91. The number of hydrogen-bond acceptors (Lipinski definition) is 3. The standard InChI is InChI=1S/C15H27NO3/c1-2-3-4-5-6-13-11-14(19-15(13)17)12-16-7-9-18-10-8-16/h13-14H,2-12H2,1H3/p+1/t13-,14+/m0/s1. The predicted molar refractivity (Wildman–Crippen MR) is 73.1 cm³/mol. The zero-order valence-electron chi connectivity index (χ0n) is 12.2. The van der Waals surface area contributed by atoms with Gasteiger partial charge in [0.15, 0.2) is 6.10 Å². The fraction of sp³-hybridized carbons (Fsp3) is 0.933. The average Bonchev–Trinajstić information content (AvgIpc) is 2.76. The van der Waals surface area contributed by atoms with E-state index in [2.05, 4.69) is 6.92 Å². The minimum atomic E-state index is 0.0501. The van der Waals surface area contributed by atoms with E-state index in [0.29, 0.717) is 0 Å². The molecule has 2 aliphatic rings. The lowest BCUT2D eigenvalue weighted by molar-refractivity contribution is -0.910. The van der Waals surface area contributed by atoms with Gasteiger partial charge in [-0.3, -0.25) is 4.79 Å². The van der Waals surface area contributed by atoms with Gasteiger partial charge in [0, 0.05) is 6.42 Å². The van der Waals surface area contributed by atoms with Gasteiger partial charge in [-0.1, -0.05) is 32.6 Å². The van der Waals surface area contributed by atoms with Crippen LogP contribution in [0.15, 0.2) is 0 Å². The first-order chi connectivity index (χ1) is 9.29. The van der Waals surface area contributed by atoms with E-state index in [9.17, 15) is 4.79 Å². The average molecular weight is 270 g/mol. The lowest BCUT2D eigenvalue weighted by Crippen LogP contribution is -3.15. The van der Waals surface area contributed by atoms with Crippen LogP contribution in [0.4, 0.5) is 0 Å². The van der Waals surface area contributed by atoms with Crippen molar-refractivity contribution >= 4 is 5.97 Å². The van der Waals surface area contributed by atoms with Crippen LogP contribution >= 0.6 is 0 Å². The van der Waals surface area contributed by atoms with Gasteiger partial charge in [0.05, 0.1) is 19.1 Å². The third kappa shape index (κ3) is 4.77. The van der Waals surface area contributed by atoms with Crippen molar-refractivity contribution in [1.29, 1.82) is 0 Å². The van der Waals surface area contributed by atoms with Crippen LogP contribution in [0.25, 0.3) is 0 Å². The molecule has 19 heavy (non-hydrogen) atoms. The molecule has 2 atom stereocenters. The molecule has 0 aliphatic carbocycles. The van der Waals surface area contributed by atoms with Gasteiger partial charge >= 0.3 is 5.97 Å². The Labute approximate surface area is 116 Å². The Morgan fingerprint density at radius 2 is 2.00 bits per heavy atom. The maximum atomic E-state index is 11.8. The molecule has 0 aromatic heterocycles. The van der Waals surface area contributed by atoms with Gasteiger partial charge in [-0.25, -0.2) is 0 Å². The second kappa shape index (κ2) is 7.85. The highest BCUT2D eigenvalue weighted by Gasteiger charge is 2.36. The van der Waals surface area contributed by atoms with Crippen molar-refractivity contribution in [3.05, 3.63) is 0 Å². The smallest absolute Gasteiger partial charge is 0.309 e. The number of nitrogens with one attached hydrogen (secondary N) is 1. The summed E-state index contributed by atoms with van der Waals surface area (Å²) in [7, 11) is 0. The molecule has 2 aliphatic heterocycles. The Balaban J connectivity index is 1.66. The van der Waals surface area contributed by atoms with Crippen molar-refractivity contribution < 1.29 is 19.2 Å². The number of carbonyl (C=O) groups excluding carboxylic acids is 1. The summed E-state index contributed by atoms with van der Waals surface area (Å²) < 4.78 is 10.9. The van der Waals surface area contributed by atoms with Crippen LogP contribution in [0.1, 0.15) is 45.4 Å². The van der Waals surface area contributed by atoms with E-state index < -0.39 is 0 Å². The Hall–Kier alpha value is -0.610. The number of unbranched alkanes of at least 4 members (excludes halogenated alkanes) is 3. The van der Waals surface area contributed by atoms with Crippen LogP contribution in [0, 0.1) is 5.92 Å². The van der Waals surface area contributed by atoms with Gasteiger partial charge in [0.25, 0.3) is 0 Å². The van der Waals surface area contributed by atoms with Crippen molar-refractivity contribution in [3.8, 4) is 0 Å². The zero-order valence-corrected chi connectivity index (χ0v) is 12.2. The quantitative estimate of drug-likeness (QED) is 0.549. The summed E-state index contributed by atoms with van der Waals surface area (Å²) in [6, 6.07) is 0. The number of esters is 1. The molecule has 2 fully saturated rings. The topological polar surface area (TPSA) is 40.0 Å². The second-order valence-corrected chi connectivity index (χ2v) is 5.91. The lowest BCUT2D eigenvalue weighted by atomic mass is 9.97. The number of morpholine rings is 1. The molecule has 0 saturated carbocycles. The summed E-state index contributed by atoms with van der Waals surface area (Å²) in [5, 5.41) is 0. The van der Waals surface area contributed by atoms with Crippen molar-refractivity contribution in [2.45, 2.75) is 51.6 Å². The molecule has 0 radical (unpaired) electrons. The van der Waals surface area contributed by atoms with Crippen LogP contribution < -0.4 is 4.90 Å². The summed E-state index contributed by atoms with van der Waals surface area (Å²) >= 11 is 0. The molecule has 0 bridgehead atoms. The highest BCUT2D eigenvalue weighted by Crippen LogP contribution is 2.25. The van der Waals surface area contributed by atoms with Crippen molar-refractivity contribution in [3.63, 3.8) is 0 Å². The number of rotatable bonds is 7.